The van der Waals surface area contributed by atoms with Crippen molar-refractivity contribution >= 4 is 49.9 Å². The molecule has 0 aliphatic carbocycles. The number of para-hydroxylation sites is 1. The molecule has 4 rings (SSSR count). The van der Waals surface area contributed by atoms with Gasteiger partial charge in [-0.3, -0.25) is 15.6 Å². The lowest BCUT2D eigenvalue weighted by Crippen LogP contribution is -2.44. The van der Waals surface area contributed by atoms with E-state index in [2.05, 4.69) is 21.2 Å². The Morgan fingerprint density at radius 2 is 1.78 bits per heavy atom. The summed E-state index contributed by atoms with van der Waals surface area (Å²) in [5, 5.41) is 3.73. The minimum Gasteiger partial charge on any atom is -0.463 e. The molecule has 3 N–H and O–H groups in total. The van der Waals surface area contributed by atoms with Gasteiger partial charge < -0.3 is 9.73 Å². The lowest BCUT2D eigenvalue weighted by Gasteiger charge is -2.20. The summed E-state index contributed by atoms with van der Waals surface area (Å²) in [5.41, 5.74) is 8.15. The van der Waals surface area contributed by atoms with E-state index >= 15 is 0 Å². The number of aryl methyl sites for hydroxylation is 1. The van der Waals surface area contributed by atoms with E-state index in [0.29, 0.717) is 46.7 Å². The monoisotopic (exact) mass is 537 g/mol. The van der Waals surface area contributed by atoms with Crippen molar-refractivity contribution in [2.75, 3.05) is 18.4 Å². The van der Waals surface area contributed by atoms with Crippen LogP contribution >= 0.6 is 12.2 Å². The maximum Gasteiger partial charge on any atom is 0.270 e. The number of anilines is 1. The maximum atomic E-state index is 13.1. The summed E-state index contributed by atoms with van der Waals surface area (Å²) in [5.74, 6) is 0.116. The van der Waals surface area contributed by atoms with Crippen molar-refractivity contribution in [1.29, 1.82) is 0 Å². The van der Waals surface area contributed by atoms with Crippen LogP contribution in [0, 0.1) is 6.92 Å². The lowest BCUT2D eigenvalue weighted by molar-refractivity contribution is 0.0946. The molecule has 2 aromatic carbocycles. The molecule has 0 fully saturated rings. The number of fused-ring (bicyclic) bond motifs is 1. The van der Waals surface area contributed by atoms with E-state index in [1.165, 1.54) is 10.4 Å². The highest BCUT2D eigenvalue weighted by molar-refractivity contribution is 7.89. The van der Waals surface area contributed by atoms with E-state index in [1.54, 1.807) is 50.4 Å². The van der Waals surface area contributed by atoms with Crippen LogP contribution in [0.5, 0.6) is 0 Å². The second-order valence-electron chi connectivity index (χ2n) is 8.15. The van der Waals surface area contributed by atoms with Crippen molar-refractivity contribution in [2.45, 2.75) is 25.7 Å². The maximum absolute atomic E-state index is 13.1. The third-order valence-electron chi connectivity index (χ3n) is 5.82. The lowest BCUT2D eigenvalue weighted by atomic mass is 10.1. The van der Waals surface area contributed by atoms with Gasteiger partial charge in [0.05, 0.1) is 22.2 Å². The van der Waals surface area contributed by atoms with Crippen LogP contribution in [0.25, 0.3) is 22.4 Å². The highest BCUT2D eigenvalue weighted by Gasteiger charge is 2.22. The smallest absolute Gasteiger partial charge is 0.270 e. The second-order valence-corrected chi connectivity index (χ2v) is 10.5. The molecule has 1 amide bonds. The first-order chi connectivity index (χ1) is 17.7. The fourth-order valence-electron chi connectivity index (χ4n) is 3.86. The molecule has 0 atom stereocenters. The molecule has 9 nitrogen and oxygen atoms in total. The number of amides is 1. The van der Waals surface area contributed by atoms with Crippen LogP contribution < -0.4 is 16.2 Å². The predicted octanol–water partition coefficient (Wildman–Crippen LogP) is 4.47. The first-order valence-electron chi connectivity index (χ1n) is 11.7. The van der Waals surface area contributed by atoms with Gasteiger partial charge in [-0.2, -0.15) is 4.31 Å². The molecule has 192 valence electrons. The highest BCUT2D eigenvalue weighted by Crippen LogP contribution is 2.25. The van der Waals surface area contributed by atoms with Gasteiger partial charge in [0, 0.05) is 24.2 Å². The third kappa shape index (κ3) is 5.63. The van der Waals surface area contributed by atoms with Crippen molar-refractivity contribution in [2.24, 2.45) is 0 Å². The Morgan fingerprint density at radius 1 is 1.03 bits per heavy atom. The van der Waals surface area contributed by atoms with E-state index < -0.39 is 15.9 Å². The van der Waals surface area contributed by atoms with E-state index in [1.807, 2.05) is 31.2 Å². The van der Waals surface area contributed by atoms with Gasteiger partial charge in [-0.05, 0) is 61.1 Å². The molecule has 4 aromatic rings. The minimum atomic E-state index is -3.64. The molecule has 0 unspecified atom stereocenters. The summed E-state index contributed by atoms with van der Waals surface area (Å²) in [6.45, 7) is 6.15. The van der Waals surface area contributed by atoms with E-state index in [-0.39, 0.29) is 10.0 Å². The molecule has 0 aliphatic heterocycles. The molecule has 0 saturated heterocycles. The van der Waals surface area contributed by atoms with E-state index in [9.17, 15) is 13.2 Å². The second kappa shape index (κ2) is 11.1. The molecule has 11 heteroatoms. The molecule has 0 saturated carbocycles. The number of pyridine rings is 1. The van der Waals surface area contributed by atoms with Gasteiger partial charge in [-0.15, -0.1) is 0 Å². The van der Waals surface area contributed by atoms with Gasteiger partial charge in [0.1, 0.15) is 5.69 Å². The van der Waals surface area contributed by atoms with Crippen LogP contribution in [0.3, 0.4) is 0 Å². The SMILES string of the molecule is CCN(CC)S(=O)(=O)c1ccc(C)c(NC(=S)NNC(=O)c2cc(-c3ccco3)nc3ccccc23)c1. The molecule has 2 aromatic heterocycles. The quantitative estimate of drug-likeness (QED) is 0.234. The average molecular weight is 538 g/mol. The van der Waals surface area contributed by atoms with Crippen LogP contribution in [0.4, 0.5) is 5.69 Å². The first kappa shape index (κ1) is 26.3. The Balaban J connectivity index is 1.51. The van der Waals surface area contributed by atoms with Gasteiger partial charge in [-0.1, -0.05) is 38.1 Å². The zero-order valence-electron chi connectivity index (χ0n) is 20.6. The van der Waals surface area contributed by atoms with Crippen molar-refractivity contribution in [3.05, 3.63) is 78.1 Å². The van der Waals surface area contributed by atoms with Crippen molar-refractivity contribution in [3.8, 4) is 11.5 Å². The molecule has 0 spiro atoms. The predicted molar refractivity (Wildman–Crippen MR) is 148 cm³/mol. The fourth-order valence-corrected chi connectivity index (χ4v) is 5.50. The zero-order chi connectivity index (χ0) is 26.6. The Labute approximate surface area is 220 Å². The summed E-state index contributed by atoms with van der Waals surface area (Å²) in [4.78, 5) is 17.9. The number of rotatable bonds is 7. The van der Waals surface area contributed by atoms with Crippen LogP contribution in [0.2, 0.25) is 0 Å². The Kier molecular flexibility index (Phi) is 7.86. The first-order valence-corrected chi connectivity index (χ1v) is 13.5. The summed E-state index contributed by atoms with van der Waals surface area (Å²) >= 11 is 5.36. The molecule has 0 aliphatic rings. The number of furan rings is 1. The zero-order valence-corrected chi connectivity index (χ0v) is 22.2. The number of benzene rings is 2. The van der Waals surface area contributed by atoms with Crippen LogP contribution in [0.15, 0.2) is 76.2 Å². The number of aromatic nitrogens is 1. The molecule has 37 heavy (non-hydrogen) atoms. The van der Waals surface area contributed by atoms with Gasteiger partial charge >= 0.3 is 0 Å². The fraction of sp³-hybridized carbons (Fsp3) is 0.192. The summed E-state index contributed by atoms with van der Waals surface area (Å²) < 4.78 is 32.7. The van der Waals surface area contributed by atoms with E-state index in [4.69, 9.17) is 16.6 Å². The molecular formula is C26H27N5O4S2. The Bertz CT molecular complexity index is 1550. The number of carbonyl (C=O) groups excluding carboxylic acids is 1. The normalized spacial score (nSPS) is 11.5. The number of nitrogens with one attached hydrogen (secondary N) is 3. The number of hydrogen-bond acceptors (Lipinski definition) is 6. The number of thiocarbonyl (C=S) groups is 1. The van der Waals surface area contributed by atoms with Crippen LogP contribution in [-0.2, 0) is 10.0 Å². The summed E-state index contributed by atoms with van der Waals surface area (Å²) in [6, 6.07) is 17.3. The molecular weight excluding hydrogens is 510 g/mol. The minimum absolute atomic E-state index is 0.0958. The van der Waals surface area contributed by atoms with Gasteiger partial charge in [0.25, 0.3) is 5.91 Å². The number of hydrazine groups is 1. The Hall–Kier alpha value is -3.80. The van der Waals surface area contributed by atoms with Gasteiger partial charge in [0.2, 0.25) is 10.0 Å². The third-order valence-corrected chi connectivity index (χ3v) is 8.07. The molecule has 0 bridgehead atoms. The number of nitrogens with zero attached hydrogens (tertiary/aromatic N) is 2. The van der Waals surface area contributed by atoms with Gasteiger partial charge in [-0.25, -0.2) is 13.4 Å². The van der Waals surface area contributed by atoms with Crippen molar-refractivity contribution in [3.63, 3.8) is 0 Å². The van der Waals surface area contributed by atoms with E-state index in [0.717, 1.165) is 5.56 Å². The molecule has 2 heterocycles. The Morgan fingerprint density at radius 3 is 2.49 bits per heavy atom. The van der Waals surface area contributed by atoms with Gasteiger partial charge in [0.15, 0.2) is 10.9 Å². The topological polar surface area (TPSA) is 117 Å². The summed E-state index contributed by atoms with van der Waals surface area (Å²) in [7, 11) is -3.64. The van der Waals surface area contributed by atoms with Crippen LogP contribution in [0.1, 0.15) is 29.8 Å². The number of sulfonamides is 1. The number of hydrogen-bond donors (Lipinski definition) is 3. The molecule has 0 radical (unpaired) electrons. The average Bonchev–Trinajstić information content (AvgIpc) is 3.43. The van der Waals surface area contributed by atoms with Crippen LogP contribution in [-0.4, -0.2) is 41.8 Å². The van der Waals surface area contributed by atoms with Crippen molar-refractivity contribution in [1.82, 2.24) is 20.1 Å². The standard InChI is InChI=1S/C26H27N5O4S2/c1-4-31(5-2)37(33,34)18-13-12-17(3)22(15-18)28-26(36)30-29-25(32)20-16-23(24-11-8-14-35-24)27-21-10-7-6-9-19(20)21/h6-16H,4-5H2,1-3H3,(H,29,32)(H2,28,30,36). The largest absolute Gasteiger partial charge is 0.463 e. The number of carbonyl (C=O) groups is 1. The highest BCUT2D eigenvalue weighted by atomic mass is 32.2. The van der Waals surface area contributed by atoms with Crippen molar-refractivity contribution < 1.29 is 17.6 Å². The summed E-state index contributed by atoms with van der Waals surface area (Å²) in [6.07, 6.45) is 1.54.